The van der Waals surface area contributed by atoms with Crippen LogP contribution in [0.5, 0.6) is 11.5 Å². The van der Waals surface area contributed by atoms with Gasteiger partial charge in [0.1, 0.15) is 11.5 Å². The highest BCUT2D eigenvalue weighted by Gasteiger charge is 2.37. The second-order valence-electron chi connectivity index (χ2n) is 5.62. The number of carbonyl (C=O) groups is 1. The van der Waals surface area contributed by atoms with E-state index in [0.717, 1.165) is 30.2 Å². The summed E-state index contributed by atoms with van der Waals surface area (Å²) in [6.07, 6.45) is 0. The fraction of sp³-hybridized carbons (Fsp3) is 0.562. The Bertz CT molecular complexity index is 511. The Morgan fingerprint density at radius 1 is 1.29 bits per heavy atom. The van der Waals surface area contributed by atoms with Gasteiger partial charge in [-0.05, 0) is 31.0 Å². The van der Waals surface area contributed by atoms with E-state index in [1.807, 2.05) is 18.2 Å². The van der Waals surface area contributed by atoms with Gasteiger partial charge in [0.25, 0.3) is 0 Å². The zero-order chi connectivity index (χ0) is 15.6. The van der Waals surface area contributed by atoms with Crippen LogP contribution in [0.2, 0.25) is 0 Å². The lowest BCUT2D eigenvalue weighted by Gasteiger charge is -2.45. The van der Waals surface area contributed by atoms with Crippen LogP contribution in [-0.4, -0.2) is 43.3 Å². The summed E-state index contributed by atoms with van der Waals surface area (Å²) in [7, 11) is 3.30. The summed E-state index contributed by atoms with van der Waals surface area (Å²) in [6, 6.07) is 5.94. The molecule has 2 rings (SSSR count). The standard InChI is InChI=1S/C16H23NO4/c1-10(16(18)19)12-8-17(9-12)11(2)14-7-13(20-3)5-6-15(14)21-4/h5-7,10-12H,8-9H2,1-4H3,(H,18,19). The molecule has 1 saturated heterocycles. The van der Waals surface area contributed by atoms with Gasteiger partial charge in [0.15, 0.2) is 0 Å². The number of likely N-dealkylation sites (tertiary alicyclic amines) is 1. The van der Waals surface area contributed by atoms with E-state index < -0.39 is 5.97 Å². The summed E-state index contributed by atoms with van der Waals surface area (Å²) in [5, 5.41) is 9.05. The van der Waals surface area contributed by atoms with E-state index in [-0.39, 0.29) is 17.9 Å². The fourth-order valence-electron chi connectivity index (χ4n) is 2.75. The average molecular weight is 293 g/mol. The zero-order valence-corrected chi connectivity index (χ0v) is 13.0. The van der Waals surface area contributed by atoms with Gasteiger partial charge in [0, 0.05) is 24.7 Å². The monoisotopic (exact) mass is 293 g/mol. The van der Waals surface area contributed by atoms with E-state index in [0.29, 0.717) is 0 Å². The van der Waals surface area contributed by atoms with Gasteiger partial charge in [0.05, 0.1) is 20.1 Å². The Balaban J connectivity index is 2.08. The summed E-state index contributed by atoms with van der Waals surface area (Å²) >= 11 is 0. The molecule has 116 valence electrons. The van der Waals surface area contributed by atoms with E-state index in [9.17, 15) is 4.79 Å². The van der Waals surface area contributed by atoms with E-state index in [2.05, 4.69) is 11.8 Å². The van der Waals surface area contributed by atoms with Crippen LogP contribution in [0.4, 0.5) is 0 Å². The predicted molar refractivity (Wildman–Crippen MR) is 79.8 cm³/mol. The molecule has 1 aliphatic heterocycles. The average Bonchev–Trinajstić information content (AvgIpc) is 2.44. The van der Waals surface area contributed by atoms with Crippen molar-refractivity contribution in [3.8, 4) is 11.5 Å². The van der Waals surface area contributed by atoms with Crippen LogP contribution < -0.4 is 9.47 Å². The van der Waals surface area contributed by atoms with Crippen molar-refractivity contribution in [1.29, 1.82) is 0 Å². The van der Waals surface area contributed by atoms with Gasteiger partial charge < -0.3 is 14.6 Å². The van der Waals surface area contributed by atoms with Gasteiger partial charge >= 0.3 is 5.97 Å². The molecule has 1 heterocycles. The van der Waals surface area contributed by atoms with E-state index in [4.69, 9.17) is 14.6 Å². The molecule has 21 heavy (non-hydrogen) atoms. The van der Waals surface area contributed by atoms with Crippen LogP contribution in [0.15, 0.2) is 18.2 Å². The highest BCUT2D eigenvalue weighted by Crippen LogP contribution is 2.37. The predicted octanol–water partition coefficient (Wildman–Crippen LogP) is 2.42. The highest BCUT2D eigenvalue weighted by molar-refractivity contribution is 5.70. The molecule has 0 bridgehead atoms. The third kappa shape index (κ3) is 3.13. The number of hydrogen-bond acceptors (Lipinski definition) is 4. The lowest BCUT2D eigenvalue weighted by atomic mass is 9.85. The first-order valence-electron chi connectivity index (χ1n) is 7.16. The van der Waals surface area contributed by atoms with Crippen molar-refractivity contribution in [3.63, 3.8) is 0 Å². The molecule has 1 N–H and O–H groups in total. The molecule has 0 aliphatic carbocycles. The number of benzene rings is 1. The first-order valence-corrected chi connectivity index (χ1v) is 7.16. The molecule has 5 heteroatoms. The molecule has 1 fully saturated rings. The van der Waals surface area contributed by atoms with Crippen molar-refractivity contribution in [2.45, 2.75) is 19.9 Å². The maximum Gasteiger partial charge on any atom is 0.306 e. The molecule has 0 saturated carbocycles. The van der Waals surface area contributed by atoms with Crippen LogP contribution in [0.3, 0.4) is 0 Å². The maximum absolute atomic E-state index is 11.0. The van der Waals surface area contributed by atoms with Crippen LogP contribution >= 0.6 is 0 Å². The SMILES string of the molecule is COc1ccc(OC)c(C(C)N2CC(C(C)C(=O)O)C2)c1. The number of ether oxygens (including phenoxy) is 2. The number of carboxylic acid groups (broad SMARTS) is 1. The second kappa shape index (κ2) is 6.35. The summed E-state index contributed by atoms with van der Waals surface area (Å²) in [4.78, 5) is 13.3. The van der Waals surface area contributed by atoms with Crippen molar-refractivity contribution in [2.24, 2.45) is 11.8 Å². The topological polar surface area (TPSA) is 59.0 Å². The third-order valence-corrected chi connectivity index (χ3v) is 4.47. The molecule has 1 aromatic rings. The van der Waals surface area contributed by atoms with Gasteiger partial charge in [-0.25, -0.2) is 0 Å². The van der Waals surface area contributed by atoms with Crippen molar-refractivity contribution in [2.75, 3.05) is 27.3 Å². The largest absolute Gasteiger partial charge is 0.497 e. The molecule has 1 aliphatic rings. The first-order chi connectivity index (χ1) is 9.97. The molecule has 1 aromatic carbocycles. The summed E-state index contributed by atoms with van der Waals surface area (Å²) in [5.41, 5.74) is 1.07. The Hall–Kier alpha value is -1.75. The number of methoxy groups -OCH3 is 2. The van der Waals surface area contributed by atoms with Gasteiger partial charge in [0.2, 0.25) is 0 Å². The molecule has 0 aromatic heterocycles. The normalized spacial score (nSPS) is 18.7. The van der Waals surface area contributed by atoms with Gasteiger partial charge in [-0.1, -0.05) is 6.92 Å². The van der Waals surface area contributed by atoms with E-state index in [1.165, 1.54) is 0 Å². The quantitative estimate of drug-likeness (QED) is 0.873. The number of carboxylic acids is 1. The van der Waals surface area contributed by atoms with Crippen molar-refractivity contribution in [1.82, 2.24) is 4.90 Å². The number of aliphatic carboxylic acids is 1. The number of nitrogens with zero attached hydrogens (tertiary/aromatic N) is 1. The Labute approximate surface area is 125 Å². The van der Waals surface area contributed by atoms with Crippen molar-refractivity contribution >= 4 is 5.97 Å². The minimum Gasteiger partial charge on any atom is -0.497 e. The second-order valence-corrected chi connectivity index (χ2v) is 5.62. The Kier molecular flexibility index (Phi) is 4.73. The molecule has 2 atom stereocenters. The number of rotatable bonds is 6. The molecular formula is C16H23NO4. The summed E-state index contributed by atoms with van der Waals surface area (Å²) < 4.78 is 10.7. The van der Waals surface area contributed by atoms with E-state index in [1.54, 1.807) is 21.1 Å². The Morgan fingerprint density at radius 3 is 2.48 bits per heavy atom. The Morgan fingerprint density at radius 2 is 1.95 bits per heavy atom. The lowest BCUT2D eigenvalue weighted by Crippen LogP contribution is -2.51. The molecule has 0 radical (unpaired) electrons. The first kappa shape index (κ1) is 15.6. The number of hydrogen-bond donors (Lipinski definition) is 1. The molecular weight excluding hydrogens is 270 g/mol. The van der Waals surface area contributed by atoms with Crippen molar-refractivity contribution < 1.29 is 19.4 Å². The fourth-order valence-corrected chi connectivity index (χ4v) is 2.75. The molecule has 2 unspecified atom stereocenters. The molecule has 5 nitrogen and oxygen atoms in total. The third-order valence-electron chi connectivity index (χ3n) is 4.47. The van der Waals surface area contributed by atoms with Crippen LogP contribution in [0.1, 0.15) is 25.5 Å². The maximum atomic E-state index is 11.0. The highest BCUT2D eigenvalue weighted by atomic mass is 16.5. The van der Waals surface area contributed by atoms with Gasteiger partial charge in [-0.15, -0.1) is 0 Å². The van der Waals surface area contributed by atoms with Crippen LogP contribution in [-0.2, 0) is 4.79 Å². The molecule has 0 amide bonds. The van der Waals surface area contributed by atoms with Gasteiger partial charge in [-0.2, -0.15) is 0 Å². The van der Waals surface area contributed by atoms with Crippen molar-refractivity contribution in [3.05, 3.63) is 23.8 Å². The minimum atomic E-state index is -0.716. The summed E-state index contributed by atoms with van der Waals surface area (Å²) in [6.45, 7) is 5.49. The van der Waals surface area contributed by atoms with Crippen LogP contribution in [0.25, 0.3) is 0 Å². The molecule has 0 spiro atoms. The zero-order valence-electron chi connectivity index (χ0n) is 13.0. The lowest BCUT2D eigenvalue weighted by molar-refractivity contribution is -0.146. The van der Waals surface area contributed by atoms with Gasteiger partial charge in [-0.3, -0.25) is 9.69 Å². The minimum absolute atomic E-state index is 0.173. The summed E-state index contributed by atoms with van der Waals surface area (Å²) in [5.74, 6) is 0.847. The van der Waals surface area contributed by atoms with Crippen LogP contribution in [0, 0.1) is 11.8 Å². The van der Waals surface area contributed by atoms with E-state index >= 15 is 0 Å². The smallest absolute Gasteiger partial charge is 0.306 e.